The summed E-state index contributed by atoms with van der Waals surface area (Å²) in [7, 11) is 0. The minimum atomic E-state index is 0.0259. The van der Waals surface area contributed by atoms with E-state index in [0.29, 0.717) is 31.3 Å². The number of nitrogens with zero attached hydrogens (tertiary/aromatic N) is 2. The van der Waals surface area contributed by atoms with Gasteiger partial charge in [-0.05, 0) is 25.3 Å². The van der Waals surface area contributed by atoms with Gasteiger partial charge in [-0.3, -0.25) is 4.79 Å². The summed E-state index contributed by atoms with van der Waals surface area (Å²) in [6.07, 6.45) is 5.93. The molecule has 0 bridgehead atoms. The summed E-state index contributed by atoms with van der Waals surface area (Å²) >= 11 is 0. The smallest absolute Gasteiger partial charge is 0.220 e. The van der Waals surface area contributed by atoms with Gasteiger partial charge in [0.25, 0.3) is 0 Å². The quantitative estimate of drug-likeness (QED) is 0.691. The van der Waals surface area contributed by atoms with Crippen LogP contribution in [0.15, 0.2) is 10.9 Å². The van der Waals surface area contributed by atoms with Crippen molar-refractivity contribution < 1.29 is 9.32 Å². The maximum Gasteiger partial charge on any atom is 0.220 e. The molecule has 1 unspecified atom stereocenters. The summed E-state index contributed by atoms with van der Waals surface area (Å²) in [5, 5.41) is 6.39. The van der Waals surface area contributed by atoms with E-state index in [4.69, 9.17) is 5.73 Å². The van der Waals surface area contributed by atoms with Crippen molar-refractivity contribution in [1.29, 1.82) is 0 Å². The average Bonchev–Trinajstić information content (AvgIpc) is 2.87. The van der Waals surface area contributed by atoms with E-state index in [1.54, 1.807) is 0 Å². The molecule has 1 atom stereocenters. The molecule has 0 fully saturated rings. The molecular weight excluding hydrogens is 232 g/mol. The van der Waals surface area contributed by atoms with E-state index in [2.05, 4.69) is 26.9 Å². The molecule has 1 heterocycles. The molecule has 0 radical (unpaired) electrons. The Morgan fingerprint density at radius 2 is 2.33 bits per heavy atom. The molecule has 1 aromatic rings. The van der Waals surface area contributed by atoms with E-state index in [1.165, 1.54) is 6.39 Å². The Labute approximate surface area is 107 Å². The highest BCUT2D eigenvalue weighted by Gasteiger charge is 2.10. The van der Waals surface area contributed by atoms with Crippen molar-refractivity contribution in [3.8, 4) is 0 Å². The summed E-state index contributed by atoms with van der Waals surface area (Å²) in [6.45, 7) is 3.17. The highest BCUT2D eigenvalue weighted by molar-refractivity contribution is 5.75. The fourth-order valence-corrected chi connectivity index (χ4v) is 1.95. The molecule has 1 rings (SSSR count). The molecule has 0 saturated heterocycles. The second kappa shape index (κ2) is 8.63. The fourth-order valence-electron chi connectivity index (χ4n) is 1.95. The highest BCUT2D eigenvalue weighted by Crippen LogP contribution is 2.16. The van der Waals surface area contributed by atoms with Gasteiger partial charge in [-0.2, -0.15) is 4.98 Å². The van der Waals surface area contributed by atoms with Crippen LogP contribution in [0, 0.1) is 5.92 Å². The van der Waals surface area contributed by atoms with Crippen molar-refractivity contribution in [2.75, 3.05) is 6.54 Å². The third-order valence-corrected chi connectivity index (χ3v) is 2.90. The molecule has 0 aliphatic rings. The SMILES string of the molecule is CCCC(CCN)CCC(=O)NCc1ncon1. The van der Waals surface area contributed by atoms with Crippen molar-refractivity contribution >= 4 is 5.91 Å². The van der Waals surface area contributed by atoms with Gasteiger partial charge in [-0.15, -0.1) is 0 Å². The van der Waals surface area contributed by atoms with Crippen LogP contribution in [0.5, 0.6) is 0 Å². The van der Waals surface area contributed by atoms with Crippen molar-refractivity contribution in [2.24, 2.45) is 11.7 Å². The summed E-state index contributed by atoms with van der Waals surface area (Å²) in [4.78, 5) is 15.5. The first-order valence-corrected chi connectivity index (χ1v) is 6.48. The van der Waals surface area contributed by atoms with E-state index < -0.39 is 0 Å². The van der Waals surface area contributed by atoms with Crippen LogP contribution in [0.1, 0.15) is 44.9 Å². The molecule has 6 nitrogen and oxygen atoms in total. The second-order valence-electron chi connectivity index (χ2n) is 4.39. The lowest BCUT2D eigenvalue weighted by Crippen LogP contribution is -2.24. The molecule has 0 spiro atoms. The Morgan fingerprint density at radius 3 is 2.94 bits per heavy atom. The summed E-state index contributed by atoms with van der Waals surface area (Å²) < 4.78 is 4.58. The van der Waals surface area contributed by atoms with Crippen LogP contribution >= 0.6 is 0 Å². The molecule has 6 heteroatoms. The Balaban J connectivity index is 2.18. The summed E-state index contributed by atoms with van der Waals surface area (Å²) in [5.41, 5.74) is 5.56. The second-order valence-corrected chi connectivity index (χ2v) is 4.39. The van der Waals surface area contributed by atoms with E-state index in [-0.39, 0.29) is 5.91 Å². The number of aromatic nitrogens is 2. The molecule has 0 aliphatic carbocycles. The number of carbonyl (C=O) groups excluding carboxylic acids is 1. The van der Waals surface area contributed by atoms with Crippen LogP contribution in [0.4, 0.5) is 0 Å². The Morgan fingerprint density at radius 1 is 1.50 bits per heavy atom. The minimum absolute atomic E-state index is 0.0259. The van der Waals surface area contributed by atoms with Crippen molar-refractivity contribution in [1.82, 2.24) is 15.5 Å². The zero-order valence-corrected chi connectivity index (χ0v) is 10.9. The zero-order valence-electron chi connectivity index (χ0n) is 10.9. The number of hydrogen-bond acceptors (Lipinski definition) is 5. The lowest BCUT2D eigenvalue weighted by molar-refractivity contribution is -0.121. The monoisotopic (exact) mass is 254 g/mol. The van der Waals surface area contributed by atoms with Gasteiger partial charge < -0.3 is 15.6 Å². The average molecular weight is 254 g/mol. The first kappa shape index (κ1) is 14.6. The van der Waals surface area contributed by atoms with Gasteiger partial charge in [0.05, 0.1) is 6.54 Å². The zero-order chi connectivity index (χ0) is 13.2. The Hall–Kier alpha value is -1.43. The maximum atomic E-state index is 11.6. The lowest BCUT2D eigenvalue weighted by atomic mass is 9.94. The maximum absolute atomic E-state index is 11.6. The van der Waals surface area contributed by atoms with Crippen molar-refractivity contribution in [3.05, 3.63) is 12.2 Å². The molecule has 0 aromatic carbocycles. The van der Waals surface area contributed by atoms with Crippen molar-refractivity contribution in [2.45, 2.75) is 45.6 Å². The van der Waals surface area contributed by atoms with E-state index in [0.717, 1.165) is 25.7 Å². The van der Waals surface area contributed by atoms with Gasteiger partial charge in [-0.1, -0.05) is 24.9 Å². The first-order valence-electron chi connectivity index (χ1n) is 6.48. The van der Waals surface area contributed by atoms with E-state index >= 15 is 0 Å². The van der Waals surface area contributed by atoms with E-state index in [9.17, 15) is 4.79 Å². The lowest BCUT2D eigenvalue weighted by Gasteiger charge is -2.14. The fraction of sp³-hybridized carbons (Fsp3) is 0.750. The van der Waals surface area contributed by atoms with Gasteiger partial charge >= 0.3 is 0 Å². The standard InChI is InChI=1S/C12H22N4O2/c1-2-3-10(6-7-13)4-5-12(17)14-8-11-15-9-18-16-11/h9-10H,2-8,13H2,1H3,(H,14,17). The van der Waals surface area contributed by atoms with E-state index in [1.807, 2.05) is 0 Å². The van der Waals surface area contributed by atoms with Gasteiger partial charge in [0.1, 0.15) is 0 Å². The topological polar surface area (TPSA) is 94.0 Å². The normalized spacial score (nSPS) is 12.3. The van der Waals surface area contributed by atoms with Crippen LogP contribution in [0.25, 0.3) is 0 Å². The molecule has 0 saturated carbocycles. The predicted octanol–water partition coefficient (Wildman–Crippen LogP) is 1.23. The molecule has 1 amide bonds. The van der Waals surface area contributed by atoms with Gasteiger partial charge in [0, 0.05) is 6.42 Å². The van der Waals surface area contributed by atoms with Crippen molar-refractivity contribution in [3.63, 3.8) is 0 Å². The molecule has 18 heavy (non-hydrogen) atoms. The molecule has 102 valence electrons. The molecule has 1 aromatic heterocycles. The van der Waals surface area contributed by atoms with Crippen LogP contribution < -0.4 is 11.1 Å². The largest absolute Gasteiger partial charge is 0.349 e. The van der Waals surface area contributed by atoms with Crippen LogP contribution in [0.2, 0.25) is 0 Å². The number of rotatable bonds is 9. The molecular formula is C12H22N4O2. The number of carbonyl (C=O) groups is 1. The van der Waals surface area contributed by atoms with Gasteiger partial charge in [0.2, 0.25) is 12.3 Å². The van der Waals surface area contributed by atoms with Crippen LogP contribution in [-0.4, -0.2) is 22.6 Å². The number of nitrogens with two attached hydrogens (primary N) is 1. The third-order valence-electron chi connectivity index (χ3n) is 2.90. The summed E-state index contributed by atoms with van der Waals surface area (Å²) in [6, 6.07) is 0. The minimum Gasteiger partial charge on any atom is -0.349 e. The number of nitrogens with one attached hydrogen (secondary N) is 1. The summed E-state index contributed by atoms with van der Waals surface area (Å²) in [5.74, 6) is 1.07. The Kier molecular flexibility index (Phi) is 7.01. The van der Waals surface area contributed by atoms with Gasteiger partial charge in [0.15, 0.2) is 5.82 Å². The Bertz CT molecular complexity index is 321. The number of amides is 1. The molecule has 3 N–H and O–H groups in total. The third kappa shape index (κ3) is 5.77. The first-order chi connectivity index (χ1) is 8.76. The highest BCUT2D eigenvalue weighted by atomic mass is 16.5. The van der Waals surface area contributed by atoms with Crippen LogP contribution in [0.3, 0.4) is 0 Å². The number of hydrogen-bond donors (Lipinski definition) is 2. The predicted molar refractivity (Wildman–Crippen MR) is 67.4 cm³/mol. The molecule has 0 aliphatic heterocycles. The van der Waals surface area contributed by atoms with Gasteiger partial charge in [-0.25, -0.2) is 0 Å². The van der Waals surface area contributed by atoms with Crippen LogP contribution in [-0.2, 0) is 11.3 Å².